The van der Waals surface area contributed by atoms with Gasteiger partial charge in [-0.2, -0.15) is 0 Å². The van der Waals surface area contributed by atoms with Crippen LogP contribution in [0.25, 0.3) is 55.1 Å². The summed E-state index contributed by atoms with van der Waals surface area (Å²) in [5, 5.41) is 3.29. The Bertz CT molecular complexity index is 1800. The molecule has 170 valence electrons. The van der Waals surface area contributed by atoms with Crippen LogP contribution in [0.1, 0.15) is 0 Å². The second-order valence-electron chi connectivity index (χ2n) is 8.70. The van der Waals surface area contributed by atoms with E-state index < -0.39 is 9.84 Å². The number of hydrogen-bond acceptors (Lipinski definition) is 3. The van der Waals surface area contributed by atoms with E-state index in [4.69, 9.17) is 4.42 Å². The zero-order chi connectivity index (χ0) is 24.0. The van der Waals surface area contributed by atoms with Crippen LogP contribution in [0.5, 0.6) is 0 Å². The molecule has 5 aromatic carbocycles. The van der Waals surface area contributed by atoms with Crippen LogP contribution >= 0.6 is 0 Å². The number of rotatable bonds is 4. The monoisotopic (exact) mass is 474 g/mol. The molecule has 0 saturated carbocycles. The summed E-state index contributed by atoms with van der Waals surface area (Å²) in [6.07, 6.45) is 3.07. The Hall–Kier alpha value is -4.15. The zero-order valence-corrected chi connectivity index (χ0v) is 19.9. The average Bonchev–Trinajstić information content (AvgIpc) is 3.31. The van der Waals surface area contributed by atoms with Crippen molar-refractivity contribution in [2.45, 2.75) is 4.90 Å². The zero-order valence-electron chi connectivity index (χ0n) is 19.1. The Balaban J connectivity index is 1.75. The summed E-state index contributed by atoms with van der Waals surface area (Å²) in [7, 11) is -3.28. The van der Waals surface area contributed by atoms with Crippen molar-refractivity contribution in [3.8, 4) is 33.4 Å². The standard InChI is InChI=1S/C31H22O3S/c1-35(32,33)24-17-15-21(16-18-24)27-19-23-11-5-6-12-25(23)31(30(27)22-9-3-2-4-10-22)28-20-34-29-14-8-7-13-26(28)29/h2-20H,1H3. The van der Waals surface area contributed by atoms with Gasteiger partial charge in [0, 0.05) is 22.8 Å². The molecule has 1 heterocycles. The van der Waals surface area contributed by atoms with Gasteiger partial charge in [0.1, 0.15) is 5.58 Å². The highest BCUT2D eigenvalue weighted by Gasteiger charge is 2.21. The number of furan rings is 1. The molecule has 0 atom stereocenters. The Kier molecular flexibility index (Phi) is 5.05. The molecule has 0 unspecified atom stereocenters. The predicted molar refractivity (Wildman–Crippen MR) is 143 cm³/mol. The lowest BCUT2D eigenvalue weighted by atomic mass is 9.84. The molecule has 0 saturated heterocycles. The van der Waals surface area contributed by atoms with E-state index >= 15 is 0 Å². The predicted octanol–water partition coefficient (Wildman–Crippen LogP) is 7.99. The molecule has 0 amide bonds. The maximum Gasteiger partial charge on any atom is 0.175 e. The number of sulfone groups is 1. The Morgan fingerprint density at radius 1 is 0.600 bits per heavy atom. The highest BCUT2D eigenvalue weighted by Crippen LogP contribution is 2.47. The van der Waals surface area contributed by atoms with Gasteiger partial charge in [-0.05, 0) is 57.3 Å². The van der Waals surface area contributed by atoms with Crippen molar-refractivity contribution in [1.29, 1.82) is 0 Å². The maximum atomic E-state index is 12.1. The van der Waals surface area contributed by atoms with Crippen molar-refractivity contribution in [2.75, 3.05) is 6.26 Å². The van der Waals surface area contributed by atoms with Crippen LogP contribution in [0.3, 0.4) is 0 Å². The number of fused-ring (bicyclic) bond motifs is 2. The minimum Gasteiger partial charge on any atom is -0.464 e. The SMILES string of the molecule is CS(=O)(=O)c1ccc(-c2cc3ccccc3c(-c3coc4ccccc34)c2-c2ccccc2)cc1. The molecule has 0 spiro atoms. The average molecular weight is 475 g/mol. The van der Waals surface area contributed by atoms with Gasteiger partial charge in [-0.3, -0.25) is 0 Å². The van der Waals surface area contributed by atoms with E-state index in [1.807, 2.05) is 60.9 Å². The molecule has 0 aliphatic carbocycles. The molecular formula is C31H22O3S. The van der Waals surface area contributed by atoms with Crippen LogP contribution in [-0.2, 0) is 9.84 Å². The van der Waals surface area contributed by atoms with Gasteiger partial charge in [-0.15, -0.1) is 0 Å². The van der Waals surface area contributed by atoms with Crippen molar-refractivity contribution in [2.24, 2.45) is 0 Å². The molecule has 6 rings (SSSR count). The summed E-state index contributed by atoms with van der Waals surface area (Å²) in [6.45, 7) is 0. The first-order valence-corrected chi connectivity index (χ1v) is 13.3. The van der Waals surface area contributed by atoms with E-state index in [1.165, 1.54) is 6.26 Å². The highest BCUT2D eigenvalue weighted by molar-refractivity contribution is 7.90. The molecule has 6 aromatic rings. The topological polar surface area (TPSA) is 47.3 Å². The minimum atomic E-state index is -3.28. The van der Waals surface area contributed by atoms with Crippen LogP contribution in [0.2, 0.25) is 0 Å². The molecule has 0 aliphatic rings. The van der Waals surface area contributed by atoms with E-state index in [0.29, 0.717) is 4.90 Å². The van der Waals surface area contributed by atoms with Gasteiger partial charge in [0.2, 0.25) is 0 Å². The highest BCUT2D eigenvalue weighted by atomic mass is 32.2. The summed E-state index contributed by atoms with van der Waals surface area (Å²) in [5.74, 6) is 0. The van der Waals surface area contributed by atoms with E-state index in [-0.39, 0.29) is 0 Å². The summed E-state index contributed by atoms with van der Waals surface area (Å²) in [6, 6.07) is 36.1. The number of para-hydroxylation sites is 1. The lowest BCUT2D eigenvalue weighted by molar-refractivity contribution is 0.602. The van der Waals surface area contributed by atoms with E-state index in [9.17, 15) is 8.42 Å². The van der Waals surface area contributed by atoms with E-state index in [1.54, 1.807) is 12.1 Å². The molecule has 1 aromatic heterocycles. The first kappa shape index (κ1) is 21.4. The minimum absolute atomic E-state index is 0.310. The second-order valence-corrected chi connectivity index (χ2v) is 10.7. The summed E-state index contributed by atoms with van der Waals surface area (Å²) >= 11 is 0. The molecule has 0 radical (unpaired) electrons. The quantitative estimate of drug-likeness (QED) is 0.260. The first-order chi connectivity index (χ1) is 17.0. The van der Waals surface area contributed by atoms with Crippen LogP contribution in [0.4, 0.5) is 0 Å². The summed E-state index contributed by atoms with van der Waals surface area (Å²) < 4.78 is 30.1. The van der Waals surface area contributed by atoms with Crippen molar-refractivity contribution in [3.63, 3.8) is 0 Å². The van der Waals surface area contributed by atoms with Crippen molar-refractivity contribution in [1.82, 2.24) is 0 Å². The smallest absolute Gasteiger partial charge is 0.175 e. The van der Waals surface area contributed by atoms with Crippen LogP contribution in [-0.4, -0.2) is 14.7 Å². The third kappa shape index (κ3) is 3.72. The van der Waals surface area contributed by atoms with Crippen molar-refractivity contribution < 1.29 is 12.8 Å². The largest absolute Gasteiger partial charge is 0.464 e. The van der Waals surface area contributed by atoms with E-state index in [0.717, 1.165) is 55.1 Å². The normalized spacial score (nSPS) is 11.8. The molecule has 0 bridgehead atoms. The molecule has 0 aliphatic heterocycles. The van der Waals surface area contributed by atoms with Gasteiger partial charge in [0.05, 0.1) is 11.2 Å². The summed E-state index contributed by atoms with van der Waals surface area (Å²) in [4.78, 5) is 0.310. The fraction of sp³-hybridized carbons (Fsp3) is 0.0323. The van der Waals surface area contributed by atoms with E-state index in [2.05, 4.69) is 42.5 Å². The molecule has 35 heavy (non-hydrogen) atoms. The molecule has 0 N–H and O–H groups in total. The Labute approximate surface area is 204 Å². The Morgan fingerprint density at radius 2 is 1.26 bits per heavy atom. The van der Waals surface area contributed by atoms with Crippen LogP contribution < -0.4 is 0 Å². The van der Waals surface area contributed by atoms with Gasteiger partial charge in [-0.1, -0.05) is 84.9 Å². The number of benzene rings is 5. The summed E-state index contributed by atoms with van der Waals surface area (Å²) in [5.41, 5.74) is 7.13. The van der Waals surface area contributed by atoms with Crippen molar-refractivity contribution >= 4 is 31.6 Å². The van der Waals surface area contributed by atoms with Gasteiger partial charge in [0.25, 0.3) is 0 Å². The molecule has 4 heteroatoms. The molecule has 0 fully saturated rings. The van der Waals surface area contributed by atoms with Crippen LogP contribution in [0.15, 0.2) is 125 Å². The van der Waals surface area contributed by atoms with Gasteiger partial charge >= 0.3 is 0 Å². The third-order valence-corrected chi connectivity index (χ3v) is 7.58. The lowest BCUT2D eigenvalue weighted by Crippen LogP contribution is -1.97. The Morgan fingerprint density at radius 3 is 2.00 bits per heavy atom. The van der Waals surface area contributed by atoms with Gasteiger partial charge in [-0.25, -0.2) is 8.42 Å². The first-order valence-electron chi connectivity index (χ1n) is 11.4. The lowest BCUT2D eigenvalue weighted by Gasteiger charge is -2.19. The maximum absolute atomic E-state index is 12.1. The van der Waals surface area contributed by atoms with Crippen molar-refractivity contribution in [3.05, 3.63) is 115 Å². The fourth-order valence-corrected chi connectivity index (χ4v) is 5.44. The third-order valence-electron chi connectivity index (χ3n) is 6.46. The molecule has 3 nitrogen and oxygen atoms in total. The second kappa shape index (κ2) is 8.26. The van der Waals surface area contributed by atoms with Gasteiger partial charge in [0.15, 0.2) is 9.84 Å². The van der Waals surface area contributed by atoms with Crippen LogP contribution in [0, 0.1) is 0 Å². The van der Waals surface area contributed by atoms with Gasteiger partial charge < -0.3 is 4.42 Å². The molecular weight excluding hydrogens is 452 g/mol. The number of hydrogen-bond donors (Lipinski definition) is 0. The fourth-order valence-electron chi connectivity index (χ4n) is 4.81.